The molecule has 0 saturated heterocycles. The van der Waals surface area contributed by atoms with E-state index in [1.54, 1.807) is 17.5 Å². The number of thiophene rings is 1. The van der Waals surface area contributed by atoms with Crippen LogP contribution in [0.4, 0.5) is 5.69 Å². The summed E-state index contributed by atoms with van der Waals surface area (Å²) in [4.78, 5) is 13.4. The van der Waals surface area contributed by atoms with E-state index >= 15 is 0 Å². The summed E-state index contributed by atoms with van der Waals surface area (Å²) in [7, 11) is 0. The summed E-state index contributed by atoms with van der Waals surface area (Å²) >= 11 is 1.66. The number of aromatic amines is 1. The second kappa shape index (κ2) is 7.42. The standard InChI is InChI=1S/C18H20N4OS/c1-12-5-7-15(8-6-12)21-18(23)13(2)19-10-14-11-20-22-17(14)16-4-3-9-24-16/h3-9,11,13,19H,10H2,1-2H3,(H,20,22)(H,21,23)/t13-/m0/s1. The first-order valence-corrected chi connectivity index (χ1v) is 8.68. The number of hydrogen-bond acceptors (Lipinski definition) is 4. The number of nitrogens with one attached hydrogen (secondary N) is 3. The summed E-state index contributed by atoms with van der Waals surface area (Å²) in [6, 6.07) is 11.5. The number of H-pyrrole nitrogens is 1. The summed E-state index contributed by atoms with van der Waals surface area (Å²) in [5.41, 5.74) is 4.03. The van der Waals surface area contributed by atoms with Crippen molar-refractivity contribution in [2.75, 3.05) is 5.32 Å². The van der Waals surface area contributed by atoms with Crippen LogP contribution < -0.4 is 10.6 Å². The maximum atomic E-state index is 12.3. The number of hydrogen-bond donors (Lipinski definition) is 3. The summed E-state index contributed by atoms with van der Waals surface area (Å²) < 4.78 is 0. The number of benzene rings is 1. The second-order valence-corrected chi connectivity index (χ2v) is 6.65. The van der Waals surface area contributed by atoms with Gasteiger partial charge in [-0.3, -0.25) is 9.89 Å². The first-order valence-electron chi connectivity index (χ1n) is 7.80. The van der Waals surface area contributed by atoms with Crippen molar-refractivity contribution in [2.24, 2.45) is 0 Å². The van der Waals surface area contributed by atoms with Gasteiger partial charge in [-0.25, -0.2) is 0 Å². The Morgan fingerprint density at radius 1 is 1.29 bits per heavy atom. The molecule has 0 bridgehead atoms. The second-order valence-electron chi connectivity index (χ2n) is 5.71. The van der Waals surface area contributed by atoms with E-state index in [1.807, 2.05) is 49.6 Å². The highest BCUT2D eigenvalue weighted by Gasteiger charge is 2.14. The lowest BCUT2D eigenvalue weighted by Crippen LogP contribution is -2.37. The zero-order valence-electron chi connectivity index (χ0n) is 13.7. The monoisotopic (exact) mass is 340 g/mol. The van der Waals surface area contributed by atoms with E-state index in [1.165, 1.54) is 5.56 Å². The zero-order chi connectivity index (χ0) is 16.9. The van der Waals surface area contributed by atoms with E-state index in [4.69, 9.17) is 0 Å². The first kappa shape index (κ1) is 16.4. The molecule has 24 heavy (non-hydrogen) atoms. The largest absolute Gasteiger partial charge is 0.325 e. The van der Waals surface area contributed by atoms with Gasteiger partial charge in [-0.2, -0.15) is 5.10 Å². The molecule has 0 spiro atoms. The summed E-state index contributed by atoms with van der Waals surface area (Å²) in [6.07, 6.45) is 1.80. The maximum absolute atomic E-state index is 12.3. The van der Waals surface area contributed by atoms with Crippen molar-refractivity contribution in [1.29, 1.82) is 0 Å². The molecule has 3 rings (SSSR count). The van der Waals surface area contributed by atoms with Gasteiger partial charge >= 0.3 is 0 Å². The molecule has 0 fully saturated rings. The van der Waals surface area contributed by atoms with Crippen LogP contribution in [0.1, 0.15) is 18.1 Å². The van der Waals surface area contributed by atoms with Gasteiger partial charge in [0.05, 0.1) is 22.8 Å². The van der Waals surface area contributed by atoms with Crippen LogP contribution in [0.3, 0.4) is 0 Å². The smallest absolute Gasteiger partial charge is 0.241 e. The Bertz CT molecular complexity index is 793. The number of nitrogens with zero attached hydrogens (tertiary/aromatic N) is 1. The molecule has 2 aromatic heterocycles. The molecule has 0 unspecified atom stereocenters. The summed E-state index contributed by atoms with van der Waals surface area (Å²) in [6.45, 7) is 4.45. The minimum absolute atomic E-state index is 0.0555. The molecule has 0 saturated carbocycles. The number of anilines is 1. The molecule has 5 nitrogen and oxygen atoms in total. The fraction of sp³-hybridized carbons (Fsp3) is 0.222. The molecule has 1 aromatic carbocycles. The van der Waals surface area contributed by atoms with Crippen LogP contribution in [0, 0.1) is 6.92 Å². The number of amides is 1. The van der Waals surface area contributed by atoms with Gasteiger partial charge in [0.2, 0.25) is 5.91 Å². The van der Waals surface area contributed by atoms with Crippen molar-refractivity contribution in [1.82, 2.24) is 15.5 Å². The number of aromatic nitrogens is 2. The van der Waals surface area contributed by atoms with Crippen molar-refractivity contribution in [2.45, 2.75) is 26.4 Å². The fourth-order valence-corrected chi connectivity index (χ4v) is 3.08. The predicted octanol–water partition coefficient (Wildman–Crippen LogP) is 3.56. The van der Waals surface area contributed by atoms with Crippen LogP contribution >= 0.6 is 11.3 Å². The number of rotatable bonds is 6. The van der Waals surface area contributed by atoms with E-state index < -0.39 is 0 Å². The van der Waals surface area contributed by atoms with E-state index in [0.29, 0.717) is 6.54 Å². The minimum atomic E-state index is -0.308. The van der Waals surface area contributed by atoms with Crippen LogP contribution in [-0.4, -0.2) is 22.1 Å². The number of aryl methyl sites for hydroxylation is 1. The van der Waals surface area contributed by atoms with Crippen LogP contribution in [-0.2, 0) is 11.3 Å². The van der Waals surface area contributed by atoms with E-state index in [0.717, 1.165) is 21.8 Å². The average Bonchev–Trinajstić information content (AvgIpc) is 3.25. The van der Waals surface area contributed by atoms with Gasteiger partial charge in [-0.05, 0) is 37.4 Å². The van der Waals surface area contributed by atoms with Gasteiger partial charge in [0.1, 0.15) is 0 Å². The number of carbonyl (C=O) groups excluding carboxylic acids is 1. The molecule has 0 aliphatic rings. The highest BCUT2D eigenvalue weighted by molar-refractivity contribution is 7.13. The molecule has 3 N–H and O–H groups in total. The Morgan fingerprint density at radius 2 is 2.08 bits per heavy atom. The first-order chi connectivity index (χ1) is 11.6. The summed E-state index contributed by atoms with van der Waals surface area (Å²) in [5, 5.41) is 15.3. The predicted molar refractivity (Wildman–Crippen MR) is 98.0 cm³/mol. The van der Waals surface area contributed by atoms with E-state index in [-0.39, 0.29) is 11.9 Å². The molecule has 2 heterocycles. The SMILES string of the molecule is Cc1ccc(NC(=O)[C@H](C)NCc2cn[nH]c2-c2cccs2)cc1. The normalized spacial score (nSPS) is 12.1. The maximum Gasteiger partial charge on any atom is 0.241 e. The Hall–Kier alpha value is -2.44. The minimum Gasteiger partial charge on any atom is -0.325 e. The fourth-order valence-electron chi connectivity index (χ4n) is 2.32. The highest BCUT2D eigenvalue weighted by Crippen LogP contribution is 2.25. The zero-order valence-corrected chi connectivity index (χ0v) is 14.5. The lowest BCUT2D eigenvalue weighted by atomic mass is 10.2. The van der Waals surface area contributed by atoms with E-state index in [9.17, 15) is 4.79 Å². The van der Waals surface area contributed by atoms with Crippen molar-refractivity contribution in [3.8, 4) is 10.6 Å². The van der Waals surface area contributed by atoms with Crippen LogP contribution in [0.2, 0.25) is 0 Å². The van der Waals surface area contributed by atoms with E-state index in [2.05, 4.69) is 26.9 Å². The summed E-state index contributed by atoms with van der Waals surface area (Å²) in [5.74, 6) is -0.0555. The quantitative estimate of drug-likeness (QED) is 0.642. The molecule has 3 aromatic rings. The van der Waals surface area contributed by atoms with Crippen molar-refractivity contribution in [3.05, 3.63) is 59.1 Å². The third-order valence-corrected chi connectivity index (χ3v) is 4.68. The highest BCUT2D eigenvalue weighted by atomic mass is 32.1. The molecule has 0 aliphatic heterocycles. The van der Waals surface area contributed by atoms with Crippen molar-refractivity contribution >= 4 is 22.9 Å². The van der Waals surface area contributed by atoms with Gasteiger partial charge < -0.3 is 10.6 Å². The third kappa shape index (κ3) is 3.90. The Labute approximate surface area is 145 Å². The van der Waals surface area contributed by atoms with Crippen LogP contribution in [0.5, 0.6) is 0 Å². The van der Waals surface area contributed by atoms with Gasteiger partial charge in [-0.15, -0.1) is 11.3 Å². The van der Waals surface area contributed by atoms with Crippen LogP contribution in [0.25, 0.3) is 10.6 Å². The average molecular weight is 340 g/mol. The Morgan fingerprint density at radius 3 is 2.79 bits per heavy atom. The van der Waals surface area contributed by atoms with Gasteiger partial charge in [0.15, 0.2) is 0 Å². The molecule has 0 aliphatic carbocycles. The lowest BCUT2D eigenvalue weighted by Gasteiger charge is -2.14. The Balaban J connectivity index is 1.57. The van der Waals surface area contributed by atoms with Gasteiger partial charge in [0, 0.05) is 17.8 Å². The lowest BCUT2D eigenvalue weighted by molar-refractivity contribution is -0.117. The number of carbonyl (C=O) groups is 1. The molecule has 6 heteroatoms. The third-order valence-electron chi connectivity index (χ3n) is 3.80. The molecule has 0 radical (unpaired) electrons. The van der Waals surface area contributed by atoms with Gasteiger partial charge in [0.25, 0.3) is 0 Å². The van der Waals surface area contributed by atoms with Crippen molar-refractivity contribution < 1.29 is 4.79 Å². The van der Waals surface area contributed by atoms with Gasteiger partial charge in [-0.1, -0.05) is 23.8 Å². The molecular formula is C18H20N4OS. The molecular weight excluding hydrogens is 320 g/mol. The topological polar surface area (TPSA) is 69.8 Å². The molecule has 124 valence electrons. The Kier molecular flexibility index (Phi) is 5.08. The van der Waals surface area contributed by atoms with Crippen molar-refractivity contribution in [3.63, 3.8) is 0 Å². The molecule has 1 atom stereocenters. The van der Waals surface area contributed by atoms with Crippen LogP contribution in [0.15, 0.2) is 48.0 Å². The molecule has 1 amide bonds.